The van der Waals surface area contributed by atoms with Crippen molar-refractivity contribution in [3.05, 3.63) is 42.5 Å². The van der Waals surface area contributed by atoms with Crippen LogP contribution in [0.5, 0.6) is 17.2 Å². The van der Waals surface area contributed by atoms with Crippen LogP contribution in [-0.2, 0) is 19.6 Å². The zero-order valence-corrected chi connectivity index (χ0v) is 16.3. The molecule has 0 atom stereocenters. The number of sulfonamides is 1. The number of hydrogen-bond donors (Lipinski definition) is 0. The van der Waals surface area contributed by atoms with E-state index in [1.54, 1.807) is 18.2 Å². The molecule has 0 fully saturated rings. The molecule has 0 aliphatic heterocycles. The van der Waals surface area contributed by atoms with Crippen molar-refractivity contribution in [3.8, 4) is 17.2 Å². The molecule has 0 N–H and O–H groups in total. The third-order valence-electron chi connectivity index (χ3n) is 3.80. The van der Waals surface area contributed by atoms with Crippen LogP contribution in [0.15, 0.2) is 47.4 Å². The van der Waals surface area contributed by atoms with E-state index in [4.69, 9.17) is 14.2 Å². The molecule has 0 bridgehead atoms. The number of carbonyl (C=O) groups is 1. The summed E-state index contributed by atoms with van der Waals surface area (Å²) < 4.78 is 47.7. The second-order valence-electron chi connectivity index (χ2n) is 5.30. The quantitative estimate of drug-likeness (QED) is 0.632. The zero-order valence-electron chi connectivity index (χ0n) is 15.5. The molecule has 0 unspecified atom stereocenters. The summed E-state index contributed by atoms with van der Waals surface area (Å²) in [6.07, 6.45) is 0. The van der Waals surface area contributed by atoms with Crippen LogP contribution in [0.3, 0.4) is 0 Å². The smallest absolute Gasteiger partial charge is 0.326 e. The molecule has 9 heteroatoms. The average molecular weight is 395 g/mol. The Morgan fingerprint density at radius 3 is 2.00 bits per heavy atom. The molecule has 0 radical (unpaired) electrons. The minimum atomic E-state index is -4.17. The highest BCUT2D eigenvalue weighted by atomic mass is 32.2. The normalized spacial score (nSPS) is 10.8. The number of hydrogen-bond acceptors (Lipinski definition) is 7. The molecule has 0 heterocycles. The lowest BCUT2D eigenvalue weighted by Gasteiger charge is -2.24. The fraction of sp³-hybridized carbons (Fsp3) is 0.278. The van der Waals surface area contributed by atoms with Gasteiger partial charge in [-0.2, -0.15) is 0 Å². The van der Waals surface area contributed by atoms with Crippen molar-refractivity contribution >= 4 is 21.7 Å². The highest BCUT2D eigenvalue weighted by Gasteiger charge is 2.31. The van der Waals surface area contributed by atoms with Crippen LogP contribution in [-0.4, -0.2) is 49.4 Å². The number of esters is 1. The summed E-state index contributed by atoms with van der Waals surface area (Å²) in [5, 5.41) is 0. The first-order valence-electron chi connectivity index (χ1n) is 7.83. The summed E-state index contributed by atoms with van der Waals surface area (Å²) in [5.41, 5.74) is 0.270. The van der Waals surface area contributed by atoms with Crippen LogP contribution in [0.2, 0.25) is 0 Å². The van der Waals surface area contributed by atoms with Gasteiger partial charge < -0.3 is 18.9 Å². The van der Waals surface area contributed by atoms with Crippen molar-refractivity contribution in [1.82, 2.24) is 0 Å². The number of carbonyl (C=O) groups excluding carboxylic acids is 1. The number of anilines is 1. The lowest BCUT2D eigenvalue weighted by Crippen LogP contribution is -2.36. The second-order valence-corrected chi connectivity index (χ2v) is 7.13. The number of ether oxygens (including phenoxy) is 4. The Balaban J connectivity index is 2.60. The van der Waals surface area contributed by atoms with Gasteiger partial charge in [-0.25, -0.2) is 8.42 Å². The van der Waals surface area contributed by atoms with Gasteiger partial charge in [0.2, 0.25) is 0 Å². The molecule has 2 rings (SSSR count). The van der Waals surface area contributed by atoms with E-state index in [9.17, 15) is 13.2 Å². The van der Waals surface area contributed by atoms with E-state index in [2.05, 4.69) is 4.74 Å². The van der Waals surface area contributed by atoms with Crippen LogP contribution in [0.4, 0.5) is 5.69 Å². The average Bonchev–Trinajstić information content (AvgIpc) is 2.71. The highest BCUT2D eigenvalue weighted by molar-refractivity contribution is 7.93. The zero-order chi connectivity index (χ0) is 20.0. The Hall–Kier alpha value is -2.94. The molecule has 146 valence electrons. The number of methoxy groups -OCH3 is 4. The van der Waals surface area contributed by atoms with Crippen LogP contribution < -0.4 is 18.5 Å². The van der Waals surface area contributed by atoms with Gasteiger partial charge in [-0.15, -0.1) is 0 Å². The topological polar surface area (TPSA) is 91.4 Å². The van der Waals surface area contributed by atoms with Gasteiger partial charge in [-0.05, 0) is 36.4 Å². The number of nitrogens with zero attached hydrogens (tertiary/aromatic N) is 1. The van der Waals surface area contributed by atoms with E-state index in [0.717, 1.165) is 4.31 Å². The first kappa shape index (κ1) is 20.4. The van der Waals surface area contributed by atoms with Gasteiger partial charge in [0.15, 0.2) is 0 Å². The van der Waals surface area contributed by atoms with Gasteiger partial charge in [0.25, 0.3) is 10.0 Å². The first-order chi connectivity index (χ1) is 12.9. The molecule has 0 saturated carbocycles. The highest BCUT2D eigenvalue weighted by Crippen LogP contribution is 2.33. The maximum Gasteiger partial charge on any atom is 0.326 e. The minimum absolute atomic E-state index is 0.124. The Labute approximate surface area is 158 Å². The molecule has 0 aromatic heterocycles. The molecule has 27 heavy (non-hydrogen) atoms. The van der Waals surface area contributed by atoms with Crippen molar-refractivity contribution in [2.24, 2.45) is 0 Å². The summed E-state index contributed by atoms with van der Waals surface area (Å²) in [5.74, 6) is 0.297. The molecule has 0 saturated heterocycles. The fourth-order valence-electron chi connectivity index (χ4n) is 2.35. The molecule has 0 aliphatic rings. The van der Waals surface area contributed by atoms with Gasteiger partial charge in [0.1, 0.15) is 28.7 Å². The molecular formula is C18H21NO7S. The summed E-state index contributed by atoms with van der Waals surface area (Å²) in [6, 6.07) is 10.7. The van der Waals surface area contributed by atoms with E-state index in [1.807, 2.05) is 0 Å². The largest absolute Gasteiger partial charge is 0.497 e. The van der Waals surface area contributed by atoms with Crippen LogP contribution in [0.1, 0.15) is 0 Å². The first-order valence-corrected chi connectivity index (χ1v) is 9.27. The van der Waals surface area contributed by atoms with E-state index >= 15 is 0 Å². The van der Waals surface area contributed by atoms with Crippen molar-refractivity contribution in [3.63, 3.8) is 0 Å². The Kier molecular flexibility index (Phi) is 6.51. The van der Waals surface area contributed by atoms with Crippen LogP contribution in [0, 0.1) is 0 Å². The Morgan fingerprint density at radius 1 is 0.889 bits per heavy atom. The van der Waals surface area contributed by atoms with Crippen LogP contribution in [0.25, 0.3) is 0 Å². The van der Waals surface area contributed by atoms with Crippen LogP contribution >= 0.6 is 0 Å². The lowest BCUT2D eigenvalue weighted by molar-refractivity contribution is -0.138. The maximum absolute atomic E-state index is 13.3. The summed E-state index contributed by atoms with van der Waals surface area (Å²) in [4.78, 5) is 11.7. The molecule has 8 nitrogen and oxygen atoms in total. The number of benzene rings is 2. The van der Waals surface area contributed by atoms with Gasteiger partial charge in [0, 0.05) is 6.07 Å². The molecule has 0 aliphatic carbocycles. The maximum atomic E-state index is 13.3. The second kappa shape index (κ2) is 8.63. The predicted octanol–water partition coefficient (Wildman–Crippen LogP) is 2.08. The fourth-order valence-corrected chi connectivity index (χ4v) is 3.93. The predicted molar refractivity (Wildman–Crippen MR) is 99.1 cm³/mol. The minimum Gasteiger partial charge on any atom is -0.497 e. The Bertz CT molecular complexity index is 894. The lowest BCUT2D eigenvalue weighted by atomic mass is 10.3. The summed E-state index contributed by atoms with van der Waals surface area (Å²) in [6.45, 7) is -0.508. The molecular weight excluding hydrogens is 374 g/mol. The SMILES string of the molecule is COC(=O)CN(c1ccc(OC)cc1)S(=O)(=O)c1cc(OC)ccc1OC. The van der Waals surface area contributed by atoms with Crippen molar-refractivity contribution < 1.29 is 32.2 Å². The van der Waals surface area contributed by atoms with Gasteiger partial charge >= 0.3 is 5.97 Å². The summed E-state index contributed by atoms with van der Waals surface area (Å²) >= 11 is 0. The molecule has 0 amide bonds. The van der Waals surface area contributed by atoms with Crippen molar-refractivity contribution in [2.75, 3.05) is 39.3 Å². The molecule has 2 aromatic rings. The molecule has 2 aromatic carbocycles. The summed E-state index contributed by atoms with van der Waals surface area (Å²) in [7, 11) is 1.30. The third kappa shape index (κ3) is 4.43. The van der Waals surface area contributed by atoms with Crippen molar-refractivity contribution in [2.45, 2.75) is 4.90 Å². The van der Waals surface area contributed by atoms with Crippen molar-refractivity contribution in [1.29, 1.82) is 0 Å². The van der Waals surface area contributed by atoms with Gasteiger partial charge in [0.05, 0.1) is 34.1 Å². The van der Waals surface area contributed by atoms with E-state index in [-0.39, 0.29) is 16.3 Å². The van der Waals surface area contributed by atoms with E-state index in [0.29, 0.717) is 11.5 Å². The van der Waals surface area contributed by atoms with E-state index < -0.39 is 22.5 Å². The Morgan fingerprint density at radius 2 is 1.48 bits per heavy atom. The number of rotatable bonds is 8. The molecule has 0 spiro atoms. The standard InChI is InChI=1S/C18H21NO7S/c1-23-14-7-5-13(6-8-14)19(12-18(20)26-4)27(21,22)17-11-15(24-2)9-10-16(17)25-3/h5-11H,12H2,1-4H3. The van der Waals surface area contributed by atoms with Gasteiger partial charge in [-0.1, -0.05) is 0 Å². The van der Waals surface area contributed by atoms with E-state index in [1.165, 1.54) is 52.7 Å². The van der Waals surface area contributed by atoms with Gasteiger partial charge in [-0.3, -0.25) is 9.10 Å². The monoisotopic (exact) mass is 395 g/mol. The third-order valence-corrected chi connectivity index (χ3v) is 5.59.